The number of imidazole rings is 1. The first-order valence-electron chi connectivity index (χ1n) is 8.45. The Labute approximate surface area is 151 Å². The molecule has 0 aliphatic carbocycles. The van der Waals surface area contributed by atoms with Crippen molar-refractivity contribution >= 4 is 11.6 Å². The van der Waals surface area contributed by atoms with Gasteiger partial charge in [0, 0.05) is 31.2 Å². The number of aromatic nitrogens is 2. The zero-order chi connectivity index (χ0) is 18.1. The molecule has 0 radical (unpaired) electrons. The number of hydrogen-bond donors (Lipinski definition) is 1. The SMILES string of the molecule is COC(=O)Cc1cn2cc(-c3ccccc3)cc(C3C=CN(C)N3)c2n1. The molecule has 26 heavy (non-hydrogen) atoms. The largest absolute Gasteiger partial charge is 0.469 e. The molecule has 0 saturated carbocycles. The number of nitrogens with one attached hydrogen (secondary N) is 1. The van der Waals surface area contributed by atoms with Gasteiger partial charge in [-0.3, -0.25) is 4.79 Å². The lowest BCUT2D eigenvalue weighted by atomic mass is 10.0. The standard InChI is InChI=1S/C20H20N4O2/c1-23-9-8-18(22-23)17-10-15(14-6-4-3-5-7-14)12-24-13-16(21-20(17)24)11-19(25)26-2/h3-10,12-13,18,22H,11H2,1-2H3. The predicted molar refractivity (Wildman–Crippen MR) is 99.1 cm³/mol. The van der Waals surface area contributed by atoms with Crippen LogP contribution in [-0.4, -0.2) is 34.5 Å². The maximum atomic E-state index is 11.6. The van der Waals surface area contributed by atoms with Crippen molar-refractivity contribution in [1.29, 1.82) is 0 Å². The monoisotopic (exact) mass is 348 g/mol. The van der Waals surface area contributed by atoms with E-state index in [1.807, 2.05) is 53.3 Å². The molecule has 0 amide bonds. The van der Waals surface area contributed by atoms with E-state index in [9.17, 15) is 4.79 Å². The topological polar surface area (TPSA) is 58.9 Å². The summed E-state index contributed by atoms with van der Waals surface area (Å²) < 4.78 is 6.76. The van der Waals surface area contributed by atoms with Crippen LogP contribution in [0.1, 0.15) is 17.3 Å². The van der Waals surface area contributed by atoms with E-state index in [2.05, 4.69) is 34.7 Å². The second-order valence-electron chi connectivity index (χ2n) is 6.33. The van der Waals surface area contributed by atoms with Crippen LogP contribution >= 0.6 is 0 Å². The zero-order valence-corrected chi connectivity index (χ0v) is 14.7. The molecule has 6 heteroatoms. The molecule has 0 fully saturated rings. The average Bonchev–Trinajstić information content (AvgIpc) is 3.27. The van der Waals surface area contributed by atoms with E-state index in [4.69, 9.17) is 4.74 Å². The summed E-state index contributed by atoms with van der Waals surface area (Å²) in [4.78, 5) is 16.3. The third-order valence-corrected chi connectivity index (χ3v) is 4.47. The average molecular weight is 348 g/mol. The Bertz CT molecular complexity index is 978. The summed E-state index contributed by atoms with van der Waals surface area (Å²) in [5.41, 5.74) is 8.20. The fraction of sp³-hybridized carbons (Fsp3) is 0.200. The van der Waals surface area contributed by atoms with Crippen molar-refractivity contribution in [2.75, 3.05) is 14.2 Å². The van der Waals surface area contributed by atoms with Crippen LogP contribution in [0.2, 0.25) is 0 Å². The van der Waals surface area contributed by atoms with E-state index in [-0.39, 0.29) is 18.4 Å². The summed E-state index contributed by atoms with van der Waals surface area (Å²) in [6, 6.07) is 12.4. The van der Waals surface area contributed by atoms with Gasteiger partial charge in [-0.25, -0.2) is 10.4 Å². The van der Waals surface area contributed by atoms with Crippen LogP contribution in [-0.2, 0) is 16.0 Å². The Morgan fingerprint density at radius 2 is 2.04 bits per heavy atom. The zero-order valence-electron chi connectivity index (χ0n) is 14.7. The second-order valence-corrected chi connectivity index (χ2v) is 6.33. The third kappa shape index (κ3) is 3.07. The van der Waals surface area contributed by atoms with E-state index in [1.54, 1.807) is 0 Å². The molecule has 1 aromatic carbocycles. The van der Waals surface area contributed by atoms with Crippen LogP contribution in [0.15, 0.2) is 61.1 Å². The first-order chi connectivity index (χ1) is 12.6. The second kappa shape index (κ2) is 6.65. The highest BCUT2D eigenvalue weighted by Crippen LogP contribution is 2.29. The highest BCUT2D eigenvalue weighted by molar-refractivity contribution is 5.73. The number of methoxy groups -OCH3 is 1. The molecule has 1 aliphatic rings. The van der Waals surface area contributed by atoms with Crippen molar-refractivity contribution in [3.8, 4) is 11.1 Å². The number of esters is 1. The normalized spacial score (nSPS) is 16.4. The molecule has 3 heterocycles. The van der Waals surface area contributed by atoms with Crippen molar-refractivity contribution in [3.05, 3.63) is 72.3 Å². The van der Waals surface area contributed by atoms with Gasteiger partial charge in [-0.2, -0.15) is 0 Å². The van der Waals surface area contributed by atoms with Crippen molar-refractivity contribution in [1.82, 2.24) is 19.8 Å². The summed E-state index contributed by atoms with van der Waals surface area (Å²) in [5.74, 6) is -0.295. The van der Waals surface area contributed by atoms with Crippen molar-refractivity contribution in [3.63, 3.8) is 0 Å². The molecular weight excluding hydrogens is 328 g/mol. The molecular formula is C20H20N4O2. The van der Waals surface area contributed by atoms with Crippen LogP contribution in [0, 0.1) is 0 Å². The Kier molecular flexibility index (Phi) is 4.18. The summed E-state index contributed by atoms with van der Waals surface area (Å²) in [7, 11) is 3.35. The van der Waals surface area contributed by atoms with Crippen LogP contribution in [0.4, 0.5) is 0 Å². The molecule has 1 atom stereocenters. The minimum Gasteiger partial charge on any atom is -0.469 e. The number of ether oxygens (including phenoxy) is 1. The minimum absolute atomic E-state index is 0.0274. The van der Waals surface area contributed by atoms with Crippen LogP contribution in [0.5, 0.6) is 0 Å². The Morgan fingerprint density at radius 3 is 2.73 bits per heavy atom. The van der Waals surface area contributed by atoms with Crippen molar-refractivity contribution in [2.24, 2.45) is 0 Å². The highest BCUT2D eigenvalue weighted by atomic mass is 16.5. The lowest BCUT2D eigenvalue weighted by Gasteiger charge is -2.17. The van der Waals surface area contributed by atoms with Crippen molar-refractivity contribution in [2.45, 2.75) is 12.5 Å². The number of pyridine rings is 1. The summed E-state index contributed by atoms with van der Waals surface area (Å²) in [6.45, 7) is 0. The lowest BCUT2D eigenvalue weighted by Crippen LogP contribution is -2.27. The first kappa shape index (κ1) is 16.4. The van der Waals surface area contributed by atoms with Gasteiger partial charge in [-0.1, -0.05) is 30.3 Å². The van der Waals surface area contributed by atoms with Gasteiger partial charge < -0.3 is 14.1 Å². The Morgan fingerprint density at radius 1 is 1.23 bits per heavy atom. The summed E-state index contributed by atoms with van der Waals surface area (Å²) in [5, 5.41) is 1.93. The molecule has 1 N–H and O–H groups in total. The first-order valence-corrected chi connectivity index (χ1v) is 8.45. The van der Waals surface area contributed by atoms with Crippen LogP contribution < -0.4 is 5.43 Å². The van der Waals surface area contributed by atoms with E-state index in [0.29, 0.717) is 5.69 Å². The number of carbonyl (C=O) groups excluding carboxylic acids is 1. The van der Waals surface area contributed by atoms with Gasteiger partial charge in [0.25, 0.3) is 0 Å². The fourth-order valence-corrected chi connectivity index (χ4v) is 3.19. The quantitative estimate of drug-likeness (QED) is 0.735. The minimum atomic E-state index is -0.295. The van der Waals surface area contributed by atoms with Crippen LogP contribution in [0.3, 0.4) is 0 Å². The summed E-state index contributed by atoms with van der Waals surface area (Å²) in [6.07, 6.45) is 8.19. The smallest absolute Gasteiger partial charge is 0.311 e. The van der Waals surface area contributed by atoms with E-state index < -0.39 is 0 Å². The Balaban J connectivity index is 1.84. The molecule has 1 aliphatic heterocycles. The van der Waals surface area contributed by atoms with E-state index in [0.717, 1.165) is 22.3 Å². The molecule has 1 unspecified atom stereocenters. The fourth-order valence-electron chi connectivity index (χ4n) is 3.19. The third-order valence-electron chi connectivity index (χ3n) is 4.47. The lowest BCUT2D eigenvalue weighted by molar-refractivity contribution is -0.139. The van der Waals surface area contributed by atoms with Gasteiger partial charge in [0.15, 0.2) is 0 Å². The maximum absolute atomic E-state index is 11.6. The predicted octanol–water partition coefficient (Wildman–Crippen LogP) is 2.72. The van der Waals surface area contributed by atoms with Gasteiger partial charge in [0.2, 0.25) is 0 Å². The molecule has 0 saturated heterocycles. The number of fused-ring (bicyclic) bond motifs is 1. The molecule has 0 bridgehead atoms. The number of nitrogens with zero attached hydrogens (tertiary/aromatic N) is 3. The highest BCUT2D eigenvalue weighted by Gasteiger charge is 2.20. The van der Waals surface area contributed by atoms with Gasteiger partial charge >= 0.3 is 5.97 Å². The van der Waals surface area contributed by atoms with Gasteiger partial charge in [-0.15, -0.1) is 0 Å². The van der Waals surface area contributed by atoms with E-state index in [1.165, 1.54) is 7.11 Å². The number of hydrogen-bond acceptors (Lipinski definition) is 5. The number of rotatable bonds is 4. The van der Waals surface area contributed by atoms with Crippen molar-refractivity contribution < 1.29 is 9.53 Å². The number of hydrazine groups is 1. The Hall–Kier alpha value is -3.12. The number of carbonyl (C=O) groups is 1. The molecule has 0 spiro atoms. The molecule has 4 rings (SSSR count). The maximum Gasteiger partial charge on any atom is 0.311 e. The summed E-state index contributed by atoms with van der Waals surface area (Å²) >= 11 is 0. The van der Waals surface area contributed by atoms with Crippen LogP contribution in [0.25, 0.3) is 16.8 Å². The molecule has 6 nitrogen and oxygen atoms in total. The number of benzene rings is 1. The molecule has 132 valence electrons. The molecule has 2 aromatic heterocycles. The van der Waals surface area contributed by atoms with Gasteiger partial charge in [0.05, 0.1) is 25.3 Å². The van der Waals surface area contributed by atoms with Gasteiger partial charge in [0.1, 0.15) is 5.65 Å². The van der Waals surface area contributed by atoms with Gasteiger partial charge in [-0.05, 0) is 23.3 Å². The molecule has 3 aromatic rings. The van der Waals surface area contributed by atoms with E-state index >= 15 is 0 Å².